The lowest BCUT2D eigenvalue weighted by Gasteiger charge is -2.03. The van der Waals surface area contributed by atoms with Gasteiger partial charge in [0.05, 0.1) is 0 Å². The molecule has 5 heteroatoms. The molecule has 0 atom stereocenters. The van der Waals surface area contributed by atoms with Gasteiger partial charge < -0.3 is 0 Å². The van der Waals surface area contributed by atoms with E-state index in [9.17, 15) is 17.6 Å². The Morgan fingerprint density at radius 2 is 1.57 bits per heavy atom. The molecule has 2 rings (SSSR count). The van der Waals surface area contributed by atoms with Crippen molar-refractivity contribution in [2.75, 3.05) is 0 Å². The monoisotopic (exact) mass is 310 g/mol. The topological polar surface area (TPSA) is 0 Å². The van der Waals surface area contributed by atoms with Crippen LogP contribution in [0.1, 0.15) is 16.7 Å². The molecule has 2 aromatic rings. The van der Waals surface area contributed by atoms with Crippen LogP contribution in [0.3, 0.4) is 0 Å². The zero-order valence-electron chi connectivity index (χ0n) is 11.0. The molecule has 0 saturated heterocycles. The van der Waals surface area contributed by atoms with Gasteiger partial charge in [0.1, 0.15) is 5.82 Å². The van der Waals surface area contributed by atoms with Crippen LogP contribution < -0.4 is 0 Å². The van der Waals surface area contributed by atoms with Crippen molar-refractivity contribution in [3.63, 3.8) is 0 Å². The van der Waals surface area contributed by atoms with E-state index in [4.69, 9.17) is 12.2 Å². The molecular weight excluding hydrogens is 300 g/mol. The van der Waals surface area contributed by atoms with Gasteiger partial charge in [-0.3, -0.25) is 0 Å². The highest BCUT2D eigenvalue weighted by molar-refractivity contribution is 7.81. The molecule has 108 valence electrons. The maximum absolute atomic E-state index is 13.5. The SMILES string of the molecule is Cc1ccc(C(=S)C=Cc2c(F)cc(F)c(F)c2F)cc1. The lowest BCUT2D eigenvalue weighted by atomic mass is 10.1. The van der Waals surface area contributed by atoms with Crippen LogP contribution in [0.4, 0.5) is 17.6 Å². The van der Waals surface area contributed by atoms with Crippen molar-refractivity contribution < 1.29 is 17.6 Å². The van der Waals surface area contributed by atoms with Crippen molar-refractivity contribution >= 4 is 23.2 Å². The highest BCUT2D eigenvalue weighted by Crippen LogP contribution is 2.20. The van der Waals surface area contributed by atoms with Crippen molar-refractivity contribution in [3.8, 4) is 0 Å². The molecule has 0 aliphatic heterocycles. The summed E-state index contributed by atoms with van der Waals surface area (Å²) >= 11 is 5.11. The van der Waals surface area contributed by atoms with Crippen LogP contribution in [-0.2, 0) is 0 Å². The molecule has 0 aliphatic carbocycles. The van der Waals surface area contributed by atoms with Gasteiger partial charge >= 0.3 is 0 Å². The summed E-state index contributed by atoms with van der Waals surface area (Å²) in [5, 5.41) is 0. The van der Waals surface area contributed by atoms with Crippen molar-refractivity contribution in [1.82, 2.24) is 0 Å². The molecule has 0 heterocycles. The Kier molecular flexibility index (Phi) is 4.53. The molecule has 0 radical (unpaired) electrons. The normalized spacial score (nSPS) is 11.1. The Labute approximate surface area is 124 Å². The fourth-order valence-corrected chi connectivity index (χ4v) is 1.91. The number of allylic oxidation sites excluding steroid dienone is 1. The summed E-state index contributed by atoms with van der Waals surface area (Å²) < 4.78 is 52.8. The number of hydrogen-bond donors (Lipinski definition) is 0. The minimum Gasteiger partial charge on any atom is -0.206 e. The molecule has 0 nitrogen and oxygen atoms in total. The third kappa shape index (κ3) is 3.36. The Balaban J connectivity index is 2.32. The molecular formula is C16H10F4S. The summed E-state index contributed by atoms with van der Waals surface area (Å²) in [5.41, 5.74) is 1.07. The lowest BCUT2D eigenvalue weighted by molar-refractivity contribution is 0.432. The highest BCUT2D eigenvalue weighted by atomic mass is 32.1. The van der Waals surface area contributed by atoms with Crippen LogP contribution in [0, 0.1) is 30.2 Å². The number of hydrogen-bond acceptors (Lipinski definition) is 1. The second kappa shape index (κ2) is 6.18. The molecule has 0 saturated carbocycles. The van der Waals surface area contributed by atoms with E-state index in [0.717, 1.165) is 11.6 Å². The van der Waals surface area contributed by atoms with Crippen molar-refractivity contribution in [3.05, 3.63) is 76.4 Å². The molecule has 0 spiro atoms. The van der Waals surface area contributed by atoms with Gasteiger partial charge in [-0.1, -0.05) is 42.0 Å². The second-order valence-corrected chi connectivity index (χ2v) is 4.89. The van der Waals surface area contributed by atoms with Gasteiger partial charge in [0, 0.05) is 16.5 Å². The van der Waals surface area contributed by atoms with E-state index in [0.29, 0.717) is 16.5 Å². The minimum atomic E-state index is -1.71. The molecule has 0 bridgehead atoms. The number of halogens is 4. The quantitative estimate of drug-likeness (QED) is 0.192. The van der Waals surface area contributed by atoms with E-state index in [2.05, 4.69) is 0 Å². The summed E-state index contributed by atoms with van der Waals surface area (Å²) in [4.78, 5) is 0.332. The molecule has 0 aromatic heterocycles. The zero-order chi connectivity index (χ0) is 15.6. The van der Waals surface area contributed by atoms with E-state index < -0.39 is 28.8 Å². The molecule has 0 amide bonds. The molecule has 21 heavy (non-hydrogen) atoms. The molecule has 0 unspecified atom stereocenters. The van der Waals surface area contributed by atoms with Gasteiger partial charge in [-0.05, 0) is 24.6 Å². The Bertz CT molecular complexity index is 718. The minimum absolute atomic E-state index is 0.299. The lowest BCUT2D eigenvalue weighted by Crippen LogP contribution is -1.99. The van der Waals surface area contributed by atoms with Crippen LogP contribution >= 0.6 is 12.2 Å². The molecule has 0 fully saturated rings. The van der Waals surface area contributed by atoms with E-state index >= 15 is 0 Å². The predicted octanol–water partition coefficient (Wildman–Crippen LogP) is 4.98. The van der Waals surface area contributed by atoms with Crippen LogP contribution in [0.5, 0.6) is 0 Å². The van der Waals surface area contributed by atoms with Gasteiger partial charge in [-0.25, -0.2) is 17.6 Å². The summed E-state index contributed by atoms with van der Waals surface area (Å²) in [7, 11) is 0. The largest absolute Gasteiger partial charge is 0.206 e. The summed E-state index contributed by atoms with van der Waals surface area (Å²) in [6.45, 7) is 1.91. The number of thiocarbonyl (C=S) groups is 1. The van der Waals surface area contributed by atoms with Crippen LogP contribution in [0.2, 0.25) is 0 Å². The molecule has 0 aliphatic rings. The average Bonchev–Trinajstić information content (AvgIpc) is 2.45. The number of rotatable bonds is 3. The van der Waals surface area contributed by atoms with E-state index in [-0.39, 0.29) is 0 Å². The third-order valence-electron chi connectivity index (χ3n) is 2.89. The van der Waals surface area contributed by atoms with E-state index in [1.165, 1.54) is 6.08 Å². The van der Waals surface area contributed by atoms with Crippen molar-refractivity contribution in [1.29, 1.82) is 0 Å². The first-order valence-corrected chi connectivity index (χ1v) is 6.43. The summed E-state index contributed by atoms with van der Waals surface area (Å²) in [6, 6.07) is 7.51. The maximum atomic E-state index is 13.5. The average molecular weight is 310 g/mol. The third-order valence-corrected chi connectivity index (χ3v) is 3.26. The van der Waals surface area contributed by atoms with Gasteiger partial charge in [0.2, 0.25) is 0 Å². The highest BCUT2D eigenvalue weighted by Gasteiger charge is 2.17. The van der Waals surface area contributed by atoms with E-state index in [1.54, 1.807) is 12.1 Å². The van der Waals surface area contributed by atoms with Crippen LogP contribution in [0.25, 0.3) is 6.08 Å². The first-order valence-electron chi connectivity index (χ1n) is 6.02. The van der Waals surface area contributed by atoms with E-state index in [1.807, 2.05) is 19.1 Å². The summed E-state index contributed by atoms with van der Waals surface area (Å²) in [5.74, 6) is -6.04. The Morgan fingerprint density at radius 3 is 2.19 bits per heavy atom. The van der Waals surface area contributed by atoms with Gasteiger partial charge in [0.25, 0.3) is 0 Å². The smallest absolute Gasteiger partial charge is 0.195 e. The maximum Gasteiger partial charge on any atom is 0.195 e. The first-order chi connectivity index (χ1) is 9.90. The predicted molar refractivity (Wildman–Crippen MR) is 78.2 cm³/mol. The van der Waals surface area contributed by atoms with Gasteiger partial charge in [-0.15, -0.1) is 0 Å². The fourth-order valence-electron chi connectivity index (χ4n) is 1.71. The van der Waals surface area contributed by atoms with Gasteiger partial charge in [-0.2, -0.15) is 0 Å². The van der Waals surface area contributed by atoms with Gasteiger partial charge in [0.15, 0.2) is 17.5 Å². The Hall–Kier alpha value is -2.01. The zero-order valence-corrected chi connectivity index (χ0v) is 11.8. The van der Waals surface area contributed by atoms with Crippen molar-refractivity contribution in [2.45, 2.75) is 6.92 Å². The molecule has 2 aromatic carbocycles. The molecule has 0 N–H and O–H groups in total. The number of benzene rings is 2. The fraction of sp³-hybridized carbons (Fsp3) is 0.0625. The second-order valence-electron chi connectivity index (χ2n) is 4.45. The number of aryl methyl sites for hydroxylation is 1. The first kappa shape index (κ1) is 15.4. The van der Waals surface area contributed by atoms with Crippen LogP contribution in [0.15, 0.2) is 36.4 Å². The Morgan fingerprint density at radius 1 is 0.952 bits per heavy atom. The van der Waals surface area contributed by atoms with Crippen LogP contribution in [-0.4, -0.2) is 4.86 Å². The standard InChI is InChI=1S/C16H10F4S/c1-9-2-4-10(5-3-9)14(21)7-6-11-12(17)8-13(18)16(20)15(11)19/h2-8H,1H3. The van der Waals surface area contributed by atoms with Crippen molar-refractivity contribution in [2.24, 2.45) is 0 Å². The summed E-state index contributed by atoms with van der Waals surface area (Å²) in [6.07, 6.45) is 2.27.